The molecule has 2 atom stereocenters. The van der Waals surface area contributed by atoms with Gasteiger partial charge in [-0.2, -0.15) is 0 Å². The van der Waals surface area contributed by atoms with E-state index < -0.39 is 0 Å². The van der Waals surface area contributed by atoms with Crippen molar-refractivity contribution in [3.63, 3.8) is 0 Å². The maximum atomic E-state index is 12.9. The van der Waals surface area contributed by atoms with Crippen LogP contribution in [-0.2, 0) is 4.79 Å². The Labute approximate surface area is 150 Å². The normalized spacial score (nSPS) is 26.0. The van der Waals surface area contributed by atoms with E-state index in [0.717, 1.165) is 38.0 Å². The highest BCUT2D eigenvalue weighted by Gasteiger charge is 2.49. The van der Waals surface area contributed by atoms with E-state index in [1.807, 2.05) is 32.9 Å². The molecule has 1 saturated heterocycles. The standard InChI is InChI=1S/C20H29N3O2/c1-19(2,3)23-17(24)14-7-9-16(10-8-14)22-18(25)20-11-5-4-6-15(20)12-21-13-20/h7-10,15,21H,4-6,11-13H2,1-3H3,(H,22,25)(H,23,24)/t15-,20+/m0/s1. The Balaban J connectivity index is 1.67. The lowest BCUT2D eigenvalue weighted by atomic mass is 9.67. The van der Waals surface area contributed by atoms with Gasteiger partial charge < -0.3 is 16.0 Å². The molecular weight excluding hydrogens is 314 g/mol. The molecule has 1 saturated carbocycles. The Morgan fingerprint density at radius 1 is 1.16 bits per heavy atom. The monoisotopic (exact) mass is 343 g/mol. The molecule has 0 radical (unpaired) electrons. The fourth-order valence-corrected chi connectivity index (χ4v) is 4.06. The summed E-state index contributed by atoms with van der Waals surface area (Å²) < 4.78 is 0. The predicted molar refractivity (Wildman–Crippen MR) is 99.6 cm³/mol. The highest BCUT2D eigenvalue weighted by atomic mass is 16.2. The number of hydrogen-bond acceptors (Lipinski definition) is 3. The second-order valence-electron chi connectivity index (χ2n) is 8.47. The van der Waals surface area contributed by atoms with Crippen LogP contribution in [0.25, 0.3) is 0 Å². The van der Waals surface area contributed by atoms with Crippen molar-refractivity contribution in [2.24, 2.45) is 11.3 Å². The molecule has 5 heteroatoms. The fraction of sp³-hybridized carbons (Fsp3) is 0.600. The van der Waals surface area contributed by atoms with Crippen molar-refractivity contribution in [3.8, 4) is 0 Å². The van der Waals surface area contributed by atoms with Gasteiger partial charge in [-0.15, -0.1) is 0 Å². The van der Waals surface area contributed by atoms with Gasteiger partial charge in [-0.3, -0.25) is 9.59 Å². The van der Waals surface area contributed by atoms with Crippen molar-refractivity contribution in [2.75, 3.05) is 18.4 Å². The molecule has 0 unspecified atom stereocenters. The van der Waals surface area contributed by atoms with Gasteiger partial charge >= 0.3 is 0 Å². The molecule has 1 aliphatic heterocycles. The van der Waals surface area contributed by atoms with E-state index in [1.54, 1.807) is 12.1 Å². The second kappa shape index (κ2) is 6.79. The molecule has 0 bridgehead atoms. The van der Waals surface area contributed by atoms with Gasteiger partial charge in [-0.25, -0.2) is 0 Å². The molecule has 1 heterocycles. The summed E-state index contributed by atoms with van der Waals surface area (Å²) in [5.74, 6) is 0.462. The maximum Gasteiger partial charge on any atom is 0.251 e. The van der Waals surface area contributed by atoms with Crippen LogP contribution in [0.1, 0.15) is 56.8 Å². The number of rotatable bonds is 3. The molecule has 0 spiro atoms. The third-order valence-electron chi connectivity index (χ3n) is 5.38. The summed E-state index contributed by atoms with van der Waals surface area (Å²) in [6.07, 6.45) is 4.44. The number of carbonyl (C=O) groups is 2. The smallest absolute Gasteiger partial charge is 0.251 e. The number of hydrogen-bond donors (Lipinski definition) is 3. The summed E-state index contributed by atoms with van der Waals surface area (Å²) in [5.41, 5.74) is 0.821. The predicted octanol–water partition coefficient (Wildman–Crippen LogP) is 2.93. The van der Waals surface area contributed by atoms with Gasteiger partial charge in [0, 0.05) is 23.3 Å². The van der Waals surface area contributed by atoms with Crippen LogP contribution in [0.15, 0.2) is 24.3 Å². The lowest BCUT2D eigenvalue weighted by Crippen LogP contribution is -2.44. The zero-order valence-electron chi connectivity index (χ0n) is 15.4. The molecule has 3 N–H and O–H groups in total. The first-order valence-corrected chi connectivity index (χ1v) is 9.25. The van der Waals surface area contributed by atoms with E-state index in [4.69, 9.17) is 0 Å². The van der Waals surface area contributed by atoms with Crippen LogP contribution in [-0.4, -0.2) is 30.4 Å². The van der Waals surface area contributed by atoms with Crippen LogP contribution in [0.2, 0.25) is 0 Å². The van der Waals surface area contributed by atoms with Crippen molar-refractivity contribution in [2.45, 2.75) is 52.0 Å². The van der Waals surface area contributed by atoms with Crippen LogP contribution in [0, 0.1) is 11.3 Å². The molecule has 2 amide bonds. The Hall–Kier alpha value is -1.88. The molecule has 3 rings (SSSR count). The van der Waals surface area contributed by atoms with Crippen LogP contribution < -0.4 is 16.0 Å². The average molecular weight is 343 g/mol. The zero-order valence-corrected chi connectivity index (χ0v) is 15.4. The lowest BCUT2D eigenvalue weighted by Gasteiger charge is -2.37. The Kier molecular flexibility index (Phi) is 4.87. The maximum absolute atomic E-state index is 12.9. The summed E-state index contributed by atoms with van der Waals surface area (Å²) in [6.45, 7) is 7.58. The Bertz CT molecular complexity index is 648. The van der Waals surface area contributed by atoms with Gasteiger partial charge in [0.25, 0.3) is 5.91 Å². The van der Waals surface area contributed by atoms with E-state index in [1.165, 1.54) is 6.42 Å². The SMILES string of the molecule is CC(C)(C)NC(=O)c1ccc(NC(=O)[C@@]23CCCC[C@H]2CNC3)cc1. The van der Waals surface area contributed by atoms with E-state index in [2.05, 4.69) is 16.0 Å². The van der Waals surface area contributed by atoms with Crippen molar-refractivity contribution in [3.05, 3.63) is 29.8 Å². The van der Waals surface area contributed by atoms with Gasteiger partial charge in [0.2, 0.25) is 5.91 Å². The zero-order chi connectivity index (χ0) is 18.1. The molecule has 2 fully saturated rings. The summed E-state index contributed by atoms with van der Waals surface area (Å²) in [5, 5.41) is 9.42. The van der Waals surface area contributed by atoms with E-state index in [-0.39, 0.29) is 22.8 Å². The highest BCUT2D eigenvalue weighted by Crippen LogP contribution is 2.44. The van der Waals surface area contributed by atoms with Crippen molar-refractivity contribution in [1.82, 2.24) is 10.6 Å². The van der Waals surface area contributed by atoms with Crippen LogP contribution in [0.4, 0.5) is 5.69 Å². The summed E-state index contributed by atoms with van der Waals surface area (Å²) >= 11 is 0. The average Bonchev–Trinajstić information content (AvgIpc) is 2.99. The van der Waals surface area contributed by atoms with Crippen LogP contribution in [0.3, 0.4) is 0 Å². The third kappa shape index (κ3) is 3.87. The molecule has 2 aliphatic rings. The summed E-state index contributed by atoms with van der Waals surface area (Å²) in [4.78, 5) is 25.1. The first kappa shape index (κ1) is 17.9. The van der Waals surface area contributed by atoms with Gasteiger partial charge in [0.1, 0.15) is 0 Å². The minimum atomic E-state index is -0.269. The third-order valence-corrected chi connectivity index (χ3v) is 5.38. The number of anilines is 1. The molecule has 1 aromatic rings. The molecule has 136 valence electrons. The second-order valence-corrected chi connectivity index (χ2v) is 8.47. The number of amides is 2. The highest BCUT2D eigenvalue weighted by molar-refractivity contribution is 5.98. The Morgan fingerprint density at radius 3 is 2.56 bits per heavy atom. The topological polar surface area (TPSA) is 70.2 Å². The Morgan fingerprint density at radius 2 is 1.88 bits per heavy atom. The molecule has 0 aromatic heterocycles. The van der Waals surface area contributed by atoms with E-state index >= 15 is 0 Å². The minimum Gasteiger partial charge on any atom is -0.347 e. The molecular formula is C20H29N3O2. The first-order chi connectivity index (χ1) is 11.8. The van der Waals surface area contributed by atoms with Crippen molar-refractivity contribution < 1.29 is 9.59 Å². The lowest BCUT2D eigenvalue weighted by molar-refractivity contribution is -0.128. The molecule has 5 nitrogen and oxygen atoms in total. The summed E-state index contributed by atoms with van der Waals surface area (Å²) in [6, 6.07) is 7.15. The van der Waals surface area contributed by atoms with Gasteiger partial charge in [-0.1, -0.05) is 12.8 Å². The molecule has 1 aromatic carbocycles. The number of fused-ring (bicyclic) bond motifs is 1. The van der Waals surface area contributed by atoms with Gasteiger partial charge in [-0.05, 0) is 70.3 Å². The number of nitrogens with one attached hydrogen (secondary N) is 3. The summed E-state index contributed by atoms with van der Waals surface area (Å²) in [7, 11) is 0. The molecule has 25 heavy (non-hydrogen) atoms. The van der Waals surface area contributed by atoms with Gasteiger partial charge in [0.05, 0.1) is 5.41 Å². The van der Waals surface area contributed by atoms with Crippen LogP contribution >= 0.6 is 0 Å². The molecule has 1 aliphatic carbocycles. The minimum absolute atomic E-state index is 0.101. The quantitative estimate of drug-likeness (QED) is 0.790. The number of carbonyl (C=O) groups excluding carboxylic acids is 2. The largest absolute Gasteiger partial charge is 0.347 e. The first-order valence-electron chi connectivity index (χ1n) is 9.25. The van der Waals surface area contributed by atoms with Crippen molar-refractivity contribution >= 4 is 17.5 Å². The fourth-order valence-electron chi connectivity index (χ4n) is 4.06. The van der Waals surface area contributed by atoms with E-state index in [0.29, 0.717) is 11.5 Å². The van der Waals surface area contributed by atoms with E-state index in [9.17, 15) is 9.59 Å². The van der Waals surface area contributed by atoms with Crippen molar-refractivity contribution in [1.29, 1.82) is 0 Å². The number of benzene rings is 1. The van der Waals surface area contributed by atoms with Crippen LogP contribution in [0.5, 0.6) is 0 Å². The van der Waals surface area contributed by atoms with Gasteiger partial charge in [0.15, 0.2) is 0 Å².